The second-order valence-electron chi connectivity index (χ2n) is 7.14. The van der Waals surface area contributed by atoms with Crippen LogP contribution in [-0.4, -0.2) is 33.2 Å². The molecule has 0 bridgehead atoms. The number of primary amides is 1. The number of carbonyl (C=O) groups excluding carboxylic acids is 2. The smallest absolute Gasteiger partial charge is 0.254 e. The largest absolute Gasteiger partial charge is 0.368 e. The topological polar surface area (TPSA) is 115 Å². The molecule has 1 aromatic heterocycles. The van der Waals surface area contributed by atoms with E-state index >= 15 is 0 Å². The lowest BCUT2D eigenvalue weighted by Crippen LogP contribution is -2.31. The second kappa shape index (κ2) is 8.12. The van der Waals surface area contributed by atoms with Crippen LogP contribution in [-0.2, 0) is 0 Å². The molecule has 8 heteroatoms. The van der Waals surface area contributed by atoms with E-state index in [0.29, 0.717) is 34.0 Å². The van der Waals surface area contributed by atoms with Crippen molar-refractivity contribution < 1.29 is 9.59 Å². The van der Waals surface area contributed by atoms with Crippen molar-refractivity contribution in [3.63, 3.8) is 0 Å². The Balaban J connectivity index is 1.75. The van der Waals surface area contributed by atoms with Gasteiger partial charge in [0.1, 0.15) is 0 Å². The van der Waals surface area contributed by atoms with E-state index in [1.807, 2.05) is 6.07 Å². The summed E-state index contributed by atoms with van der Waals surface area (Å²) in [6.07, 6.45) is 3.22. The first kappa shape index (κ1) is 19.8. The van der Waals surface area contributed by atoms with E-state index in [4.69, 9.17) is 23.1 Å². The molecule has 2 amide bonds. The maximum absolute atomic E-state index is 13.2. The molecule has 2 aromatic carbocycles. The normalized spacial score (nSPS) is 15.9. The number of hydrogen-bond acceptors (Lipinski definition) is 5. The fourth-order valence-electron chi connectivity index (χ4n) is 3.78. The number of hydrogen-bond donors (Lipinski definition) is 2. The molecule has 4 rings (SSSR count). The lowest BCUT2D eigenvalue weighted by Gasteiger charge is -2.26. The van der Waals surface area contributed by atoms with Crippen LogP contribution in [0.3, 0.4) is 0 Å². The maximum Gasteiger partial charge on any atom is 0.254 e. The monoisotopic (exact) mass is 421 g/mol. The first-order valence-corrected chi connectivity index (χ1v) is 9.91. The fourth-order valence-corrected chi connectivity index (χ4v) is 3.90. The third-order valence-electron chi connectivity index (χ3n) is 5.22. The number of aromatic nitrogens is 2. The molecule has 0 aliphatic carbocycles. The van der Waals surface area contributed by atoms with Gasteiger partial charge < -0.3 is 16.4 Å². The van der Waals surface area contributed by atoms with Gasteiger partial charge in [0.2, 0.25) is 11.9 Å². The van der Waals surface area contributed by atoms with Crippen molar-refractivity contribution in [1.29, 1.82) is 0 Å². The third kappa shape index (κ3) is 3.84. The van der Waals surface area contributed by atoms with Gasteiger partial charge in [0, 0.05) is 34.5 Å². The van der Waals surface area contributed by atoms with Crippen molar-refractivity contribution in [2.45, 2.75) is 18.9 Å². The minimum Gasteiger partial charge on any atom is -0.368 e. The summed E-state index contributed by atoms with van der Waals surface area (Å²) in [6.45, 7) is 0.608. The van der Waals surface area contributed by atoms with Crippen molar-refractivity contribution in [2.75, 3.05) is 12.3 Å². The Hall–Kier alpha value is -3.45. The highest BCUT2D eigenvalue weighted by Gasteiger charge is 2.33. The number of carbonyl (C=O) groups is 2. The molecule has 2 heterocycles. The summed E-state index contributed by atoms with van der Waals surface area (Å²) in [5, 5.41) is 0.574. The molecule has 0 saturated carbocycles. The zero-order valence-electron chi connectivity index (χ0n) is 16.1. The van der Waals surface area contributed by atoms with Gasteiger partial charge >= 0.3 is 0 Å². The maximum atomic E-state index is 13.2. The van der Waals surface area contributed by atoms with Crippen LogP contribution < -0.4 is 11.5 Å². The average molecular weight is 422 g/mol. The summed E-state index contributed by atoms with van der Waals surface area (Å²) in [7, 11) is 0. The number of benzene rings is 2. The summed E-state index contributed by atoms with van der Waals surface area (Å²) in [4.78, 5) is 35.2. The Morgan fingerprint density at radius 3 is 2.60 bits per heavy atom. The Kier molecular flexibility index (Phi) is 5.37. The first-order valence-electron chi connectivity index (χ1n) is 9.53. The molecule has 0 unspecified atom stereocenters. The van der Waals surface area contributed by atoms with Crippen molar-refractivity contribution >= 4 is 29.4 Å². The molecule has 1 fully saturated rings. The number of anilines is 1. The summed E-state index contributed by atoms with van der Waals surface area (Å²) in [5.41, 5.74) is 14.4. The highest BCUT2D eigenvalue weighted by Crippen LogP contribution is 2.37. The number of nitrogens with two attached hydrogens (primary N) is 2. The molecule has 30 heavy (non-hydrogen) atoms. The Bertz CT molecular complexity index is 1120. The van der Waals surface area contributed by atoms with E-state index in [2.05, 4.69) is 9.97 Å². The van der Waals surface area contributed by atoms with Crippen LogP contribution >= 0.6 is 11.6 Å². The van der Waals surface area contributed by atoms with Crippen LogP contribution in [0.4, 0.5) is 5.95 Å². The first-order chi connectivity index (χ1) is 14.4. The zero-order chi connectivity index (χ0) is 21.3. The highest BCUT2D eigenvalue weighted by molar-refractivity contribution is 6.30. The summed E-state index contributed by atoms with van der Waals surface area (Å²) >= 11 is 5.95. The number of rotatable bonds is 4. The number of halogens is 1. The van der Waals surface area contributed by atoms with Crippen LogP contribution in [0.15, 0.2) is 54.7 Å². The quantitative estimate of drug-likeness (QED) is 0.669. The van der Waals surface area contributed by atoms with E-state index in [1.165, 1.54) is 0 Å². The molecule has 1 saturated heterocycles. The molecule has 7 nitrogen and oxygen atoms in total. The van der Waals surface area contributed by atoms with Gasteiger partial charge in [-0.15, -0.1) is 0 Å². The van der Waals surface area contributed by atoms with Gasteiger partial charge in [0.25, 0.3) is 5.91 Å². The molecule has 0 spiro atoms. The minimum absolute atomic E-state index is 0.0943. The van der Waals surface area contributed by atoms with E-state index in [-0.39, 0.29) is 17.9 Å². The van der Waals surface area contributed by atoms with Gasteiger partial charge in [0.15, 0.2) is 0 Å². The molecule has 0 radical (unpaired) electrons. The predicted molar refractivity (Wildman–Crippen MR) is 115 cm³/mol. The fraction of sp³-hybridized carbons (Fsp3) is 0.182. The molecule has 4 N–H and O–H groups in total. The number of likely N-dealkylation sites (tertiary alicyclic amines) is 1. The SMILES string of the molecule is NC(=O)c1cccc(-c2cnc(N)nc2[C@H]2CCCN2C(=O)c2ccc(Cl)cc2)c1. The van der Waals surface area contributed by atoms with Gasteiger partial charge in [-0.3, -0.25) is 9.59 Å². The van der Waals surface area contributed by atoms with E-state index in [9.17, 15) is 9.59 Å². The van der Waals surface area contributed by atoms with Crippen LogP contribution in [0.1, 0.15) is 45.3 Å². The Morgan fingerprint density at radius 1 is 1.10 bits per heavy atom. The molecule has 152 valence electrons. The molecular formula is C22H20ClN5O2. The van der Waals surface area contributed by atoms with Gasteiger partial charge in [-0.25, -0.2) is 9.97 Å². The van der Waals surface area contributed by atoms with E-state index in [0.717, 1.165) is 18.4 Å². The van der Waals surface area contributed by atoms with E-state index in [1.54, 1.807) is 53.6 Å². The Morgan fingerprint density at radius 2 is 1.87 bits per heavy atom. The zero-order valence-corrected chi connectivity index (χ0v) is 16.8. The second-order valence-corrected chi connectivity index (χ2v) is 7.57. The number of amides is 2. The highest BCUT2D eigenvalue weighted by atomic mass is 35.5. The van der Waals surface area contributed by atoms with Gasteiger partial charge in [-0.05, 0) is 54.8 Å². The van der Waals surface area contributed by atoms with Crippen molar-refractivity contribution in [3.8, 4) is 11.1 Å². The van der Waals surface area contributed by atoms with Crippen molar-refractivity contribution in [2.24, 2.45) is 5.73 Å². The molecular weight excluding hydrogens is 402 g/mol. The summed E-state index contributed by atoms with van der Waals surface area (Å²) in [5.74, 6) is -0.482. The lowest BCUT2D eigenvalue weighted by molar-refractivity contribution is 0.0733. The number of nitrogen functional groups attached to an aromatic ring is 1. The minimum atomic E-state index is -0.518. The summed E-state index contributed by atoms with van der Waals surface area (Å²) in [6, 6.07) is 13.5. The summed E-state index contributed by atoms with van der Waals surface area (Å²) < 4.78 is 0. The van der Waals surface area contributed by atoms with Crippen LogP contribution in [0, 0.1) is 0 Å². The Labute approximate surface area is 178 Å². The van der Waals surface area contributed by atoms with Gasteiger partial charge in [0.05, 0.1) is 11.7 Å². The van der Waals surface area contributed by atoms with E-state index < -0.39 is 5.91 Å². The van der Waals surface area contributed by atoms with Crippen LogP contribution in [0.5, 0.6) is 0 Å². The molecule has 3 aromatic rings. The molecule has 1 aliphatic heterocycles. The van der Waals surface area contributed by atoms with Gasteiger partial charge in [-0.1, -0.05) is 23.7 Å². The van der Waals surface area contributed by atoms with Crippen molar-refractivity contribution in [3.05, 3.63) is 76.6 Å². The van der Waals surface area contributed by atoms with Gasteiger partial charge in [-0.2, -0.15) is 0 Å². The molecule has 1 aliphatic rings. The average Bonchev–Trinajstić information content (AvgIpc) is 3.23. The predicted octanol–water partition coefficient (Wildman–Crippen LogP) is 3.46. The standard InChI is InChI=1S/C22H20ClN5O2/c23-16-8-6-13(7-9-16)21(30)28-10-2-5-18(28)19-17(12-26-22(25)27-19)14-3-1-4-15(11-14)20(24)29/h1,3-4,6-9,11-12,18H,2,5,10H2,(H2,24,29)(H2,25,26,27)/t18-/m1/s1. The van der Waals surface area contributed by atoms with Crippen LogP contribution in [0.25, 0.3) is 11.1 Å². The third-order valence-corrected chi connectivity index (χ3v) is 5.47. The number of nitrogens with zero attached hydrogens (tertiary/aromatic N) is 3. The van der Waals surface area contributed by atoms with Crippen LogP contribution in [0.2, 0.25) is 5.02 Å². The lowest BCUT2D eigenvalue weighted by atomic mass is 9.98. The molecule has 1 atom stereocenters. The van der Waals surface area contributed by atoms with Crippen molar-refractivity contribution in [1.82, 2.24) is 14.9 Å².